The number of rotatable bonds is 7. The summed E-state index contributed by atoms with van der Waals surface area (Å²) >= 11 is 0. The molecular weight excluding hydrogens is 312 g/mol. The second-order valence-electron chi connectivity index (χ2n) is 5.96. The second-order valence-corrected chi connectivity index (χ2v) is 5.96. The standard InChI is InChI=1S/C21H24N2O2/c1-4-8-19-21(16-10-7-11-18(13-16)24-2)22-15-23(19)14-17-9-5-6-12-20(17)25-3/h5-7,9-13,15H,4,8,14H2,1-3H3. The maximum Gasteiger partial charge on any atom is 0.123 e. The molecular formula is C21H24N2O2. The van der Waals surface area contributed by atoms with Crippen LogP contribution in [-0.2, 0) is 13.0 Å². The summed E-state index contributed by atoms with van der Waals surface area (Å²) in [6, 6.07) is 16.2. The molecule has 25 heavy (non-hydrogen) atoms. The number of hydrogen-bond donors (Lipinski definition) is 0. The van der Waals surface area contributed by atoms with Crippen LogP contribution in [0.1, 0.15) is 24.6 Å². The zero-order valence-electron chi connectivity index (χ0n) is 15.0. The van der Waals surface area contributed by atoms with Crippen LogP contribution in [0.25, 0.3) is 11.3 Å². The first-order chi connectivity index (χ1) is 12.3. The van der Waals surface area contributed by atoms with E-state index in [1.165, 1.54) is 5.69 Å². The van der Waals surface area contributed by atoms with Crippen LogP contribution in [0, 0.1) is 0 Å². The summed E-state index contributed by atoms with van der Waals surface area (Å²) in [5.41, 5.74) is 4.50. The van der Waals surface area contributed by atoms with Gasteiger partial charge in [0.25, 0.3) is 0 Å². The molecule has 0 atom stereocenters. The van der Waals surface area contributed by atoms with Crippen LogP contribution >= 0.6 is 0 Å². The van der Waals surface area contributed by atoms with Gasteiger partial charge in [0.05, 0.1) is 32.8 Å². The van der Waals surface area contributed by atoms with Crippen molar-refractivity contribution in [3.63, 3.8) is 0 Å². The molecule has 0 aliphatic rings. The first-order valence-electron chi connectivity index (χ1n) is 8.57. The molecule has 4 nitrogen and oxygen atoms in total. The summed E-state index contributed by atoms with van der Waals surface area (Å²) < 4.78 is 13.1. The van der Waals surface area contributed by atoms with E-state index in [0.29, 0.717) is 0 Å². The Bertz CT molecular complexity index is 839. The highest BCUT2D eigenvalue weighted by Gasteiger charge is 2.14. The van der Waals surface area contributed by atoms with Gasteiger partial charge in [-0.15, -0.1) is 0 Å². The van der Waals surface area contributed by atoms with Crippen LogP contribution < -0.4 is 9.47 Å². The lowest BCUT2D eigenvalue weighted by Crippen LogP contribution is -2.05. The van der Waals surface area contributed by atoms with Crippen molar-refractivity contribution in [3.05, 3.63) is 66.1 Å². The third kappa shape index (κ3) is 3.68. The number of benzene rings is 2. The lowest BCUT2D eigenvalue weighted by Gasteiger charge is -2.12. The number of imidazole rings is 1. The summed E-state index contributed by atoms with van der Waals surface area (Å²) in [6.07, 6.45) is 3.96. The number of aromatic nitrogens is 2. The molecule has 0 aliphatic carbocycles. The van der Waals surface area contributed by atoms with Gasteiger partial charge in [0.2, 0.25) is 0 Å². The van der Waals surface area contributed by atoms with E-state index in [0.717, 1.165) is 47.7 Å². The van der Waals surface area contributed by atoms with Crippen molar-refractivity contribution in [3.8, 4) is 22.8 Å². The van der Waals surface area contributed by atoms with Gasteiger partial charge in [-0.2, -0.15) is 0 Å². The minimum Gasteiger partial charge on any atom is -0.497 e. The van der Waals surface area contributed by atoms with Crippen LogP contribution in [-0.4, -0.2) is 23.8 Å². The average Bonchev–Trinajstić information content (AvgIpc) is 3.05. The summed E-state index contributed by atoms with van der Waals surface area (Å²) in [5.74, 6) is 1.75. The number of methoxy groups -OCH3 is 2. The van der Waals surface area contributed by atoms with Gasteiger partial charge in [-0.05, 0) is 24.6 Å². The van der Waals surface area contributed by atoms with Gasteiger partial charge in [0, 0.05) is 16.8 Å². The fourth-order valence-corrected chi connectivity index (χ4v) is 3.07. The van der Waals surface area contributed by atoms with Gasteiger partial charge in [-0.3, -0.25) is 0 Å². The summed E-state index contributed by atoms with van der Waals surface area (Å²) in [4.78, 5) is 4.70. The van der Waals surface area contributed by atoms with E-state index in [1.54, 1.807) is 14.2 Å². The monoisotopic (exact) mass is 336 g/mol. The zero-order valence-corrected chi connectivity index (χ0v) is 15.0. The fourth-order valence-electron chi connectivity index (χ4n) is 3.07. The van der Waals surface area contributed by atoms with Gasteiger partial charge in [-0.25, -0.2) is 4.98 Å². The molecule has 1 heterocycles. The maximum absolute atomic E-state index is 5.49. The summed E-state index contributed by atoms with van der Waals surface area (Å²) in [5, 5.41) is 0. The maximum atomic E-state index is 5.49. The van der Waals surface area contributed by atoms with E-state index >= 15 is 0 Å². The molecule has 3 rings (SSSR count). The van der Waals surface area contributed by atoms with Crippen molar-refractivity contribution in [2.24, 2.45) is 0 Å². The topological polar surface area (TPSA) is 36.3 Å². The van der Waals surface area contributed by atoms with Crippen LogP contribution in [0.5, 0.6) is 11.5 Å². The van der Waals surface area contributed by atoms with E-state index in [2.05, 4.69) is 23.6 Å². The molecule has 4 heteroatoms. The van der Waals surface area contributed by atoms with Crippen molar-refractivity contribution in [1.82, 2.24) is 9.55 Å². The Kier molecular flexibility index (Phi) is 5.39. The normalized spacial score (nSPS) is 10.7. The van der Waals surface area contributed by atoms with E-state index in [-0.39, 0.29) is 0 Å². The molecule has 0 saturated carbocycles. The summed E-state index contributed by atoms with van der Waals surface area (Å²) in [6.45, 7) is 2.94. The highest BCUT2D eigenvalue weighted by Crippen LogP contribution is 2.28. The molecule has 130 valence electrons. The molecule has 0 fully saturated rings. The van der Waals surface area contributed by atoms with E-state index < -0.39 is 0 Å². The lowest BCUT2D eigenvalue weighted by molar-refractivity contribution is 0.408. The van der Waals surface area contributed by atoms with Crippen molar-refractivity contribution >= 4 is 0 Å². The van der Waals surface area contributed by atoms with Crippen molar-refractivity contribution in [2.75, 3.05) is 14.2 Å². The fraction of sp³-hybridized carbons (Fsp3) is 0.286. The highest BCUT2D eigenvalue weighted by atomic mass is 16.5. The smallest absolute Gasteiger partial charge is 0.123 e. The van der Waals surface area contributed by atoms with Crippen LogP contribution in [0.3, 0.4) is 0 Å². The number of nitrogens with zero attached hydrogens (tertiary/aromatic N) is 2. The second kappa shape index (κ2) is 7.88. The molecule has 1 aromatic heterocycles. The molecule has 2 aromatic carbocycles. The van der Waals surface area contributed by atoms with Gasteiger partial charge in [0.15, 0.2) is 0 Å². The minimum atomic E-state index is 0.746. The third-order valence-corrected chi connectivity index (χ3v) is 4.31. The zero-order chi connectivity index (χ0) is 17.6. The van der Waals surface area contributed by atoms with Crippen LogP contribution in [0.4, 0.5) is 0 Å². The molecule has 0 N–H and O–H groups in total. The average molecular weight is 336 g/mol. The van der Waals surface area contributed by atoms with E-state index in [4.69, 9.17) is 14.5 Å². The molecule has 0 radical (unpaired) electrons. The van der Waals surface area contributed by atoms with E-state index in [9.17, 15) is 0 Å². The van der Waals surface area contributed by atoms with Crippen LogP contribution in [0.2, 0.25) is 0 Å². The Morgan fingerprint density at radius 1 is 1.00 bits per heavy atom. The molecule has 0 spiro atoms. The van der Waals surface area contributed by atoms with Crippen molar-refractivity contribution in [1.29, 1.82) is 0 Å². The Hall–Kier alpha value is -2.75. The molecule has 0 unspecified atom stereocenters. The number of para-hydroxylation sites is 1. The molecule has 0 bridgehead atoms. The van der Waals surface area contributed by atoms with Crippen molar-refractivity contribution < 1.29 is 9.47 Å². The first-order valence-corrected chi connectivity index (χ1v) is 8.57. The lowest BCUT2D eigenvalue weighted by atomic mass is 10.1. The highest BCUT2D eigenvalue weighted by molar-refractivity contribution is 5.64. The van der Waals surface area contributed by atoms with E-state index in [1.807, 2.05) is 42.7 Å². The SMILES string of the molecule is CCCc1c(-c2cccc(OC)c2)ncn1Cc1ccccc1OC. The predicted molar refractivity (Wildman–Crippen MR) is 100 cm³/mol. The van der Waals surface area contributed by atoms with Gasteiger partial charge in [0.1, 0.15) is 11.5 Å². The first kappa shape index (κ1) is 17.1. The largest absolute Gasteiger partial charge is 0.497 e. The minimum absolute atomic E-state index is 0.746. The molecule has 0 amide bonds. The number of hydrogen-bond acceptors (Lipinski definition) is 3. The quantitative estimate of drug-likeness (QED) is 0.634. The molecule has 0 aliphatic heterocycles. The Morgan fingerprint density at radius 3 is 2.60 bits per heavy atom. The molecule has 3 aromatic rings. The van der Waals surface area contributed by atoms with Crippen molar-refractivity contribution in [2.45, 2.75) is 26.3 Å². The predicted octanol–water partition coefficient (Wildman–Crippen LogP) is 4.57. The van der Waals surface area contributed by atoms with Gasteiger partial charge >= 0.3 is 0 Å². The Morgan fingerprint density at radius 2 is 1.84 bits per heavy atom. The van der Waals surface area contributed by atoms with Crippen LogP contribution in [0.15, 0.2) is 54.9 Å². The molecule has 0 saturated heterocycles. The Balaban J connectivity index is 1.99. The third-order valence-electron chi connectivity index (χ3n) is 4.31. The number of ether oxygens (including phenoxy) is 2. The van der Waals surface area contributed by atoms with Gasteiger partial charge < -0.3 is 14.0 Å². The Labute approximate surface area is 149 Å². The van der Waals surface area contributed by atoms with Gasteiger partial charge in [-0.1, -0.05) is 43.7 Å². The summed E-state index contributed by atoms with van der Waals surface area (Å²) in [7, 11) is 3.40.